The summed E-state index contributed by atoms with van der Waals surface area (Å²) in [4.78, 5) is 18.5. The molecule has 0 saturated carbocycles. The van der Waals surface area contributed by atoms with Crippen LogP contribution in [0.15, 0.2) is 36.8 Å². The molecule has 0 aliphatic carbocycles. The SMILES string of the molecule is O=C(O)Cc1cccc(Oc2ncncc2I)c1. The fourth-order valence-electron chi connectivity index (χ4n) is 1.38. The van der Waals surface area contributed by atoms with Crippen LogP contribution >= 0.6 is 22.6 Å². The van der Waals surface area contributed by atoms with Gasteiger partial charge < -0.3 is 9.84 Å². The zero-order valence-electron chi connectivity index (χ0n) is 9.21. The van der Waals surface area contributed by atoms with Gasteiger partial charge in [-0.05, 0) is 40.3 Å². The fraction of sp³-hybridized carbons (Fsp3) is 0.0833. The molecule has 1 heterocycles. The van der Waals surface area contributed by atoms with E-state index in [0.717, 1.165) is 3.57 Å². The minimum absolute atomic E-state index is 0.0297. The van der Waals surface area contributed by atoms with E-state index in [9.17, 15) is 4.79 Å². The van der Waals surface area contributed by atoms with Crippen LogP contribution in [0.3, 0.4) is 0 Å². The molecule has 0 radical (unpaired) electrons. The summed E-state index contributed by atoms with van der Waals surface area (Å²) in [7, 11) is 0. The number of rotatable bonds is 4. The van der Waals surface area contributed by atoms with Gasteiger partial charge in [0.25, 0.3) is 0 Å². The number of carboxylic acid groups (broad SMARTS) is 1. The lowest BCUT2D eigenvalue weighted by atomic mass is 10.1. The van der Waals surface area contributed by atoms with E-state index in [1.165, 1.54) is 6.33 Å². The van der Waals surface area contributed by atoms with Crippen LogP contribution in [0.1, 0.15) is 5.56 Å². The second kappa shape index (κ2) is 5.76. The van der Waals surface area contributed by atoms with Crippen LogP contribution in [-0.2, 0) is 11.2 Å². The number of aromatic nitrogens is 2. The fourth-order valence-corrected chi connectivity index (χ4v) is 1.79. The predicted octanol–water partition coefficient (Wildman–Crippen LogP) is 2.50. The second-order valence-corrected chi connectivity index (χ2v) is 4.66. The number of aliphatic carboxylic acids is 1. The van der Waals surface area contributed by atoms with Crippen molar-refractivity contribution < 1.29 is 14.6 Å². The third-order valence-corrected chi connectivity index (χ3v) is 2.84. The Morgan fingerprint density at radius 3 is 3.00 bits per heavy atom. The van der Waals surface area contributed by atoms with Crippen molar-refractivity contribution in [2.45, 2.75) is 6.42 Å². The molecular weight excluding hydrogens is 347 g/mol. The molecule has 0 aliphatic rings. The lowest BCUT2D eigenvalue weighted by molar-refractivity contribution is -0.136. The average Bonchev–Trinajstić information content (AvgIpc) is 2.32. The minimum Gasteiger partial charge on any atom is -0.481 e. The molecule has 6 heteroatoms. The van der Waals surface area contributed by atoms with Crippen LogP contribution in [0, 0.1) is 3.57 Å². The molecular formula is C12H9IN2O3. The summed E-state index contributed by atoms with van der Waals surface area (Å²) >= 11 is 2.07. The van der Waals surface area contributed by atoms with Crippen molar-refractivity contribution in [3.63, 3.8) is 0 Å². The Morgan fingerprint density at radius 1 is 1.44 bits per heavy atom. The lowest BCUT2D eigenvalue weighted by Crippen LogP contribution is -2.00. The molecule has 1 N–H and O–H groups in total. The van der Waals surface area contributed by atoms with Gasteiger partial charge in [0.05, 0.1) is 9.99 Å². The summed E-state index contributed by atoms with van der Waals surface area (Å²) in [6.07, 6.45) is 3.01. The number of ether oxygens (including phenoxy) is 1. The molecule has 2 aromatic rings. The van der Waals surface area contributed by atoms with E-state index in [4.69, 9.17) is 9.84 Å². The van der Waals surface area contributed by atoms with Crippen LogP contribution < -0.4 is 4.74 Å². The van der Waals surface area contributed by atoms with Crippen LogP contribution in [-0.4, -0.2) is 21.0 Å². The molecule has 0 fully saturated rings. The summed E-state index contributed by atoms with van der Waals surface area (Å²) in [6.45, 7) is 0. The van der Waals surface area contributed by atoms with E-state index >= 15 is 0 Å². The van der Waals surface area contributed by atoms with Gasteiger partial charge in [-0.15, -0.1) is 0 Å². The van der Waals surface area contributed by atoms with E-state index in [0.29, 0.717) is 17.2 Å². The van der Waals surface area contributed by atoms with Gasteiger partial charge in [-0.2, -0.15) is 0 Å². The van der Waals surface area contributed by atoms with Gasteiger partial charge in [-0.25, -0.2) is 9.97 Å². The molecule has 0 bridgehead atoms. The molecule has 0 saturated heterocycles. The van der Waals surface area contributed by atoms with E-state index in [2.05, 4.69) is 32.6 Å². The Labute approximate surface area is 117 Å². The first-order valence-corrected chi connectivity index (χ1v) is 6.17. The van der Waals surface area contributed by atoms with E-state index < -0.39 is 5.97 Å². The highest BCUT2D eigenvalue weighted by molar-refractivity contribution is 14.1. The lowest BCUT2D eigenvalue weighted by Gasteiger charge is -2.06. The number of hydrogen-bond acceptors (Lipinski definition) is 4. The number of hydrogen-bond donors (Lipinski definition) is 1. The summed E-state index contributed by atoms with van der Waals surface area (Å²) in [6, 6.07) is 6.93. The van der Waals surface area contributed by atoms with E-state index in [1.54, 1.807) is 30.5 Å². The highest BCUT2D eigenvalue weighted by Gasteiger charge is 2.06. The van der Waals surface area contributed by atoms with Gasteiger partial charge in [0.2, 0.25) is 5.88 Å². The number of carboxylic acids is 1. The Hall–Kier alpha value is -1.70. The molecule has 0 unspecified atom stereocenters. The average molecular weight is 356 g/mol. The van der Waals surface area contributed by atoms with Gasteiger partial charge in [0.15, 0.2) is 0 Å². The summed E-state index contributed by atoms with van der Waals surface area (Å²) < 4.78 is 6.37. The first-order valence-electron chi connectivity index (χ1n) is 5.09. The Balaban J connectivity index is 2.19. The zero-order chi connectivity index (χ0) is 13.0. The third kappa shape index (κ3) is 3.39. The first kappa shape index (κ1) is 12.7. The van der Waals surface area contributed by atoms with E-state index in [1.807, 2.05) is 0 Å². The molecule has 2 rings (SSSR count). The standard InChI is InChI=1S/C12H9IN2O3/c13-10-6-14-7-15-12(10)18-9-3-1-2-8(4-9)5-11(16)17/h1-4,6-7H,5H2,(H,16,17). The molecule has 0 spiro atoms. The van der Waals surface area contributed by atoms with Crippen molar-refractivity contribution in [2.24, 2.45) is 0 Å². The van der Waals surface area contributed by atoms with Crippen molar-refractivity contribution in [1.82, 2.24) is 9.97 Å². The highest BCUT2D eigenvalue weighted by Crippen LogP contribution is 2.24. The van der Waals surface area contributed by atoms with Crippen molar-refractivity contribution in [2.75, 3.05) is 0 Å². The largest absolute Gasteiger partial charge is 0.481 e. The molecule has 0 amide bonds. The Morgan fingerprint density at radius 2 is 2.28 bits per heavy atom. The summed E-state index contributed by atoms with van der Waals surface area (Å²) in [5.74, 6) is 0.146. The first-order chi connectivity index (χ1) is 8.65. The quantitative estimate of drug-likeness (QED) is 0.853. The number of halogens is 1. The maximum Gasteiger partial charge on any atom is 0.307 e. The molecule has 92 valence electrons. The maximum atomic E-state index is 10.6. The summed E-state index contributed by atoms with van der Waals surface area (Å²) in [5.41, 5.74) is 0.684. The van der Waals surface area contributed by atoms with Crippen LogP contribution in [0.5, 0.6) is 11.6 Å². The Bertz CT molecular complexity index is 575. The number of carbonyl (C=O) groups is 1. The van der Waals surface area contributed by atoms with Crippen molar-refractivity contribution in [1.29, 1.82) is 0 Å². The normalized spacial score (nSPS) is 10.1. The number of benzene rings is 1. The van der Waals surface area contributed by atoms with Gasteiger partial charge in [0.1, 0.15) is 12.1 Å². The maximum absolute atomic E-state index is 10.6. The second-order valence-electron chi connectivity index (χ2n) is 3.50. The highest BCUT2D eigenvalue weighted by atomic mass is 127. The third-order valence-electron chi connectivity index (χ3n) is 2.10. The van der Waals surface area contributed by atoms with Gasteiger partial charge in [-0.1, -0.05) is 12.1 Å². The van der Waals surface area contributed by atoms with Crippen LogP contribution in [0.2, 0.25) is 0 Å². The van der Waals surface area contributed by atoms with Crippen LogP contribution in [0.4, 0.5) is 0 Å². The van der Waals surface area contributed by atoms with Gasteiger partial charge in [0, 0.05) is 6.20 Å². The molecule has 0 atom stereocenters. The summed E-state index contributed by atoms with van der Waals surface area (Å²) in [5, 5.41) is 8.73. The van der Waals surface area contributed by atoms with Gasteiger partial charge in [-0.3, -0.25) is 4.79 Å². The van der Waals surface area contributed by atoms with Crippen molar-refractivity contribution >= 4 is 28.6 Å². The molecule has 1 aromatic heterocycles. The van der Waals surface area contributed by atoms with Crippen LogP contribution in [0.25, 0.3) is 0 Å². The Kier molecular flexibility index (Phi) is 4.08. The smallest absolute Gasteiger partial charge is 0.307 e. The monoisotopic (exact) mass is 356 g/mol. The molecule has 0 aliphatic heterocycles. The zero-order valence-corrected chi connectivity index (χ0v) is 11.4. The van der Waals surface area contributed by atoms with Crippen molar-refractivity contribution in [3.05, 3.63) is 45.9 Å². The topological polar surface area (TPSA) is 72.3 Å². The molecule has 1 aromatic carbocycles. The molecule has 18 heavy (non-hydrogen) atoms. The minimum atomic E-state index is -0.872. The predicted molar refractivity (Wildman–Crippen MR) is 72.6 cm³/mol. The van der Waals surface area contributed by atoms with Crippen molar-refractivity contribution in [3.8, 4) is 11.6 Å². The van der Waals surface area contributed by atoms with Gasteiger partial charge >= 0.3 is 5.97 Å². The van der Waals surface area contributed by atoms with E-state index in [-0.39, 0.29) is 6.42 Å². The number of nitrogens with zero attached hydrogens (tertiary/aromatic N) is 2. The molecule has 5 nitrogen and oxygen atoms in total.